The first-order chi connectivity index (χ1) is 63.6. The molecule has 1 unspecified atom stereocenters. The molecule has 6 amide bonds. The third-order valence-corrected chi connectivity index (χ3v) is 26.9. The van der Waals surface area contributed by atoms with Crippen LogP contribution in [-0.4, -0.2) is 267 Å². The summed E-state index contributed by atoms with van der Waals surface area (Å²) in [7, 11) is 0.877. The van der Waals surface area contributed by atoms with Gasteiger partial charge in [0.05, 0.1) is 52.1 Å². The van der Waals surface area contributed by atoms with Gasteiger partial charge in [-0.1, -0.05) is 181 Å². The van der Waals surface area contributed by atoms with Gasteiger partial charge in [-0.25, -0.2) is 28.9 Å². The van der Waals surface area contributed by atoms with Gasteiger partial charge in [-0.05, 0) is 181 Å². The summed E-state index contributed by atoms with van der Waals surface area (Å²) in [5.74, 6) is -7.36. The number of aliphatic carboxylic acids is 5. The Bertz CT molecular complexity index is 4650. The Labute approximate surface area is 779 Å². The fraction of sp³-hybridized carbons (Fsp3) is 0.561. The lowest BCUT2D eigenvalue weighted by Gasteiger charge is -2.37. The molecular weight excluding hydrogens is 1730 g/mol. The summed E-state index contributed by atoms with van der Waals surface area (Å²) < 4.78 is 46.7. The number of methoxy groups -OCH3 is 2. The molecule has 5 aromatic carbocycles. The number of hydrogen-bond donors (Lipinski definition) is 9. The second-order valence-corrected chi connectivity index (χ2v) is 37.2. The number of carbonyl (C=O) groups excluding carboxylic acids is 8. The lowest BCUT2D eigenvalue weighted by Crippen LogP contribution is -2.56. The van der Waals surface area contributed by atoms with Gasteiger partial charge in [0.1, 0.15) is 42.4 Å². The summed E-state index contributed by atoms with van der Waals surface area (Å²) in [5.41, 5.74) is 11.4. The van der Waals surface area contributed by atoms with E-state index in [-0.39, 0.29) is 69.2 Å². The van der Waals surface area contributed by atoms with Crippen molar-refractivity contribution in [2.24, 2.45) is 23.5 Å². The molecule has 5 aromatic rings. The first-order valence-electron chi connectivity index (χ1n) is 46.4. The lowest BCUT2D eigenvalue weighted by atomic mass is 9.79. The van der Waals surface area contributed by atoms with Gasteiger partial charge in [0, 0.05) is 51.6 Å². The molecule has 0 bridgehead atoms. The van der Waals surface area contributed by atoms with E-state index in [1.165, 1.54) is 59.8 Å². The fourth-order valence-corrected chi connectivity index (χ4v) is 19.5. The average Bonchev–Trinajstić information content (AvgIpc) is 1.62. The molecule has 3 saturated heterocycles. The highest BCUT2D eigenvalue weighted by Crippen LogP contribution is 2.51. The topological polar surface area (TPSA) is 474 Å². The molecule has 0 spiro atoms. The van der Waals surface area contributed by atoms with Crippen molar-refractivity contribution in [3.05, 3.63) is 167 Å². The third-order valence-electron chi connectivity index (χ3n) is 24.5. The molecule has 4 fully saturated rings. The summed E-state index contributed by atoms with van der Waals surface area (Å²) >= 11 is 0. The third kappa shape index (κ3) is 33.8. The van der Waals surface area contributed by atoms with Crippen molar-refractivity contribution in [1.29, 1.82) is 0 Å². The van der Waals surface area contributed by atoms with Crippen LogP contribution < -0.4 is 31.2 Å². The van der Waals surface area contributed by atoms with E-state index in [2.05, 4.69) is 16.0 Å². The van der Waals surface area contributed by atoms with E-state index in [4.69, 9.17) is 33.9 Å². The zero-order valence-corrected chi connectivity index (χ0v) is 79.3. The number of benzene rings is 5. The summed E-state index contributed by atoms with van der Waals surface area (Å²) in [6, 6.07) is 32.8. The van der Waals surface area contributed by atoms with Gasteiger partial charge < -0.3 is 74.6 Å². The normalized spacial score (nSPS) is 19.1. The van der Waals surface area contributed by atoms with Gasteiger partial charge in [-0.2, -0.15) is 0 Å². The molecule has 13 atom stereocenters. The van der Waals surface area contributed by atoms with E-state index in [1.807, 2.05) is 135 Å². The second-order valence-electron chi connectivity index (χ2n) is 34.6. The molecule has 35 heteroatoms. The number of ether oxygens (including phenoxy) is 5. The van der Waals surface area contributed by atoms with Crippen molar-refractivity contribution in [3.8, 4) is 11.5 Å². The second kappa shape index (κ2) is 55.5. The molecule has 5 aliphatic rings. The zero-order valence-electron chi connectivity index (χ0n) is 78.4. The molecule has 1 saturated carbocycles. The van der Waals surface area contributed by atoms with Gasteiger partial charge in [0.15, 0.2) is 17.5 Å². The van der Waals surface area contributed by atoms with Crippen molar-refractivity contribution in [2.45, 2.75) is 263 Å². The van der Waals surface area contributed by atoms with Gasteiger partial charge >= 0.3 is 53.8 Å². The Morgan fingerprint density at radius 2 is 0.992 bits per heavy atom. The number of nitrogens with zero attached hydrogens (tertiary/aromatic N) is 5. The Balaban J connectivity index is 0.000000244. The molecule has 0 aromatic heterocycles. The first kappa shape index (κ1) is 109. The van der Waals surface area contributed by atoms with Crippen LogP contribution in [0.5, 0.6) is 11.5 Å². The summed E-state index contributed by atoms with van der Waals surface area (Å²) in [5, 5.41) is 57.2. The molecule has 10 N–H and O–H groups in total. The van der Waals surface area contributed by atoms with Gasteiger partial charge in [-0.15, -0.1) is 0 Å². The van der Waals surface area contributed by atoms with Gasteiger partial charge in [-0.3, -0.25) is 63.4 Å². The minimum absolute atomic E-state index is 0.0814. The number of urea groups is 1. The monoisotopic (exact) mass is 1870 g/mol. The van der Waals surface area contributed by atoms with Crippen LogP contribution >= 0.6 is 7.37 Å². The van der Waals surface area contributed by atoms with Crippen molar-refractivity contribution < 1.29 is 121 Å². The molecule has 4 heterocycles. The number of carboxylic acids is 5. The molecule has 34 nitrogen and oxygen atoms in total. The number of rotatable bonds is 46. The highest BCUT2D eigenvalue weighted by Gasteiger charge is 2.48. The first-order valence-corrected chi connectivity index (χ1v) is 48.4. The van der Waals surface area contributed by atoms with Crippen LogP contribution in [0.3, 0.4) is 0 Å². The largest absolute Gasteiger partial charge is 0.493 e. The van der Waals surface area contributed by atoms with Crippen LogP contribution in [0.1, 0.15) is 191 Å². The van der Waals surface area contributed by atoms with Gasteiger partial charge in [0.25, 0.3) is 0 Å². The quantitative estimate of drug-likeness (QED) is 0.00574. The highest BCUT2D eigenvalue weighted by molar-refractivity contribution is 7.60. The van der Waals surface area contributed by atoms with Crippen LogP contribution in [0.25, 0.3) is 0 Å². The van der Waals surface area contributed by atoms with E-state index in [1.54, 1.807) is 39.8 Å². The fourth-order valence-electron chi connectivity index (χ4n) is 17.2. The van der Waals surface area contributed by atoms with E-state index in [0.717, 1.165) is 77.7 Å². The number of nitrogens with two attached hydrogens (primary N) is 1. The van der Waals surface area contributed by atoms with Crippen LogP contribution in [0.2, 0.25) is 0 Å². The number of unbranched alkanes of at least 4 members (excludes halogenated alkanes) is 2. The number of fused-ring (bicyclic) bond motifs is 1. The Hall–Kier alpha value is -11.2. The van der Waals surface area contributed by atoms with Crippen LogP contribution in [0.4, 0.5) is 4.79 Å². The molecule has 730 valence electrons. The maximum absolute atomic E-state index is 14.2. The van der Waals surface area contributed by atoms with Crippen LogP contribution in [0, 0.1) is 17.8 Å². The smallest absolute Gasteiger partial charge is 0.328 e. The number of carboxylic acid groups (broad SMARTS) is 5. The number of likely N-dealkylation sites (tertiary alicyclic amines) is 2. The predicted octanol–water partition coefficient (Wildman–Crippen LogP) is 10.8. The standard InChI is InChI=1S/C30H46NO7P.C27H34N2O7.C21H31N3O5.C20H27N3O6/c1-4-28(33)37-30(22(2)3)38-39(36,18-12-11-15-23-13-7-5-8-14-23)21-27(32)31-20-25(19-26(31)29(34)35)24-16-9-6-10-17-24;1-5-36-27(33)21(12-11-18-9-7-6-8-10-18)28-17(2)25(30)29-16-20-15-24(35-4)23(34-3)14-19(20)13-22(29)26(31)32;22-13-5-4-9-16(19(25)24-14-6-10-18(24)21(28)29)23-17(20(26)27)12-11-15-7-2-1-3-8-15;1-4-29-19(27)15(11-10-14-8-6-5-7-9-14)21-13(2)17(24)23-16(18(25)26)12-22(3)20(23)28/h5,7-8,13-14,22,24-26,30H,4,6,9-12,15-21H2,1-3H3,(H,34,35);6-10,14-15,17,21-22,28H,5,11-13,16H2,1-4H3,(H,31,32);1-3,7-8,16-18,23H,4-6,9-14,22H2,(H,26,27)(H,28,29);5-9,13,15-16,21H,4,10-12H2,1-3H3,(H,25,26)/t25-,26+,30?,39-;17-,21-,22-;16-,17-,18-;13-,15-,16-/m1000/s1. The number of hydrogen-bond acceptors (Lipinski definition) is 24. The molecule has 4 aliphatic heterocycles. The maximum Gasteiger partial charge on any atom is 0.328 e. The molecule has 1 aliphatic carbocycles. The van der Waals surface area contributed by atoms with Crippen LogP contribution in [0.15, 0.2) is 133 Å². The van der Waals surface area contributed by atoms with E-state index in [9.17, 15) is 92.4 Å². The zero-order chi connectivity index (χ0) is 97.4. The van der Waals surface area contributed by atoms with Gasteiger partial charge in [0.2, 0.25) is 37.3 Å². The number of aryl methyl sites for hydroxylation is 4. The minimum atomic E-state index is -3.60. The number of nitrogens with one attached hydrogen (secondary N) is 3. The number of imide groups is 1. The van der Waals surface area contributed by atoms with Crippen molar-refractivity contribution in [2.75, 3.05) is 73.0 Å². The molecule has 10 rings (SSSR count). The van der Waals surface area contributed by atoms with E-state index >= 15 is 0 Å². The van der Waals surface area contributed by atoms with E-state index in [0.29, 0.717) is 114 Å². The molecular formula is C98H138N9O25P. The highest BCUT2D eigenvalue weighted by atomic mass is 31.2. The predicted molar refractivity (Wildman–Crippen MR) is 496 cm³/mol. The summed E-state index contributed by atoms with van der Waals surface area (Å²) in [6.45, 7) is 13.5. The number of carbonyl (C=O) groups is 13. The summed E-state index contributed by atoms with van der Waals surface area (Å²) in [6.07, 6.45) is 13.0. The van der Waals surface area contributed by atoms with Crippen molar-refractivity contribution in [1.82, 2.24) is 40.4 Å². The molecule has 0 radical (unpaired) electrons. The number of amides is 6. The SMILES string of the molecule is CCC(=O)OC(O[P@](=O)(CCCCc1ccccc1)CC(=O)N1C[C@H](C2CCCCC2)C[C@H]1C(=O)O)C(C)C.CCOC(=O)[C@H](CCc1ccccc1)N[C@@H](C)C(=O)N1C(=O)N(C)C[C@H]1C(=O)O.CCOC(=O)[C@H](CCc1ccccc1)N[C@@H](C)C(=O)N1Cc2cc(OC)c(OC)cc2C[C@H]1C(=O)O.NCCCC[C@H](N[C@@H](CCc1ccccc1)C(=O)O)C(=O)N1CCC[C@H]1C(=O)O. The Kier molecular flexibility index (Phi) is 45.4. The minimum Gasteiger partial charge on any atom is -0.493 e. The van der Waals surface area contributed by atoms with Crippen LogP contribution in [-0.2, 0) is 119 Å². The van der Waals surface area contributed by atoms with Crippen molar-refractivity contribution in [3.63, 3.8) is 0 Å². The van der Waals surface area contributed by atoms with E-state index < -0.39 is 146 Å². The molecule has 133 heavy (non-hydrogen) atoms. The lowest BCUT2D eigenvalue weighted by molar-refractivity contribution is -0.169. The summed E-state index contributed by atoms with van der Waals surface area (Å²) in [4.78, 5) is 167. The average molecular weight is 1870 g/mol. The number of esters is 3. The number of likely N-dealkylation sites (N-methyl/N-ethyl adjacent to an activating group) is 1. The Morgan fingerprint density at radius 3 is 1.46 bits per heavy atom. The Morgan fingerprint density at radius 1 is 0.504 bits per heavy atom. The maximum atomic E-state index is 14.2. The van der Waals surface area contributed by atoms with Crippen molar-refractivity contribution >= 4 is 84.8 Å².